The first-order valence-electron chi connectivity index (χ1n) is 8.20. The van der Waals surface area contributed by atoms with E-state index >= 15 is 0 Å². The van der Waals surface area contributed by atoms with E-state index in [0.29, 0.717) is 10.7 Å². The molecular formula is C18H17N3OS3. The lowest BCUT2D eigenvalue weighted by atomic mass is 9.90. The number of carbonyl (C=O) groups excluding carboxylic acids is 1. The SMILES string of the molecule is O=C(Nc1nnc(SCc2cccs2)s1)c1ccc2c(c1)CCCC2. The van der Waals surface area contributed by atoms with Crippen LogP contribution < -0.4 is 5.32 Å². The van der Waals surface area contributed by atoms with Gasteiger partial charge in [0.1, 0.15) is 0 Å². The van der Waals surface area contributed by atoms with Crippen molar-refractivity contribution in [2.24, 2.45) is 0 Å². The van der Waals surface area contributed by atoms with Gasteiger partial charge in [-0.3, -0.25) is 10.1 Å². The number of carbonyl (C=O) groups is 1. The number of hydrogen-bond donors (Lipinski definition) is 1. The first-order valence-corrected chi connectivity index (χ1v) is 10.9. The molecule has 1 aromatic carbocycles. The molecule has 0 aliphatic heterocycles. The van der Waals surface area contributed by atoms with Crippen molar-refractivity contribution in [3.05, 3.63) is 57.3 Å². The third-order valence-corrected chi connectivity index (χ3v) is 7.24. The second-order valence-corrected chi connectivity index (χ2v) is 9.12. The van der Waals surface area contributed by atoms with Crippen LogP contribution in [0.1, 0.15) is 39.2 Å². The van der Waals surface area contributed by atoms with E-state index in [1.165, 1.54) is 40.2 Å². The van der Waals surface area contributed by atoms with Crippen molar-refractivity contribution < 1.29 is 4.79 Å². The molecule has 1 aliphatic rings. The van der Waals surface area contributed by atoms with Crippen LogP contribution in [0.25, 0.3) is 0 Å². The highest BCUT2D eigenvalue weighted by Gasteiger charge is 2.14. The molecule has 2 aromatic heterocycles. The molecule has 0 unspecified atom stereocenters. The highest BCUT2D eigenvalue weighted by atomic mass is 32.2. The summed E-state index contributed by atoms with van der Waals surface area (Å²) in [5.41, 5.74) is 3.39. The normalized spacial score (nSPS) is 13.4. The van der Waals surface area contributed by atoms with Gasteiger partial charge in [-0.1, -0.05) is 35.2 Å². The molecule has 1 N–H and O–H groups in total. The summed E-state index contributed by atoms with van der Waals surface area (Å²) in [5, 5.41) is 13.7. The van der Waals surface area contributed by atoms with Gasteiger partial charge in [-0.25, -0.2) is 0 Å². The lowest BCUT2D eigenvalue weighted by molar-refractivity contribution is 0.102. The molecule has 0 fully saturated rings. The number of aromatic nitrogens is 2. The molecule has 0 radical (unpaired) electrons. The monoisotopic (exact) mass is 387 g/mol. The Morgan fingerprint density at radius 3 is 2.88 bits per heavy atom. The van der Waals surface area contributed by atoms with Crippen LogP contribution in [0.15, 0.2) is 40.1 Å². The third-order valence-electron chi connectivity index (χ3n) is 4.16. The quantitative estimate of drug-likeness (QED) is 0.493. The van der Waals surface area contributed by atoms with Crippen LogP contribution in [0.3, 0.4) is 0 Å². The van der Waals surface area contributed by atoms with Crippen molar-refractivity contribution in [1.82, 2.24) is 10.2 Å². The smallest absolute Gasteiger partial charge is 0.257 e. The molecule has 0 saturated carbocycles. The maximum Gasteiger partial charge on any atom is 0.257 e. The number of thioether (sulfide) groups is 1. The molecule has 4 nitrogen and oxygen atoms in total. The zero-order valence-corrected chi connectivity index (χ0v) is 16.0. The third kappa shape index (κ3) is 4.11. The van der Waals surface area contributed by atoms with E-state index in [4.69, 9.17) is 0 Å². The van der Waals surface area contributed by atoms with E-state index in [-0.39, 0.29) is 5.91 Å². The lowest BCUT2D eigenvalue weighted by Gasteiger charge is -2.16. The van der Waals surface area contributed by atoms with Crippen LogP contribution in [0, 0.1) is 0 Å². The van der Waals surface area contributed by atoms with Crippen LogP contribution in [-0.2, 0) is 18.6 Å². The van der Waals surface area contributed by atoms with Gasteiger partial charge in [0, 0.05) is 16.2 Å². The van der Waals surface area contributed by atoms with Crippen LogP contribution in [-0.4, -0.2) is 16.1 Å². The fraction of sp³-hybridized carbons (Fsp3) is 0.278. The van der Waals surface area contributed by atoms with E-state index in [9.17, 15) is 4.79 Å². The molecule has 7 heteroatoms. The van der Waals surface area contributed by atoms with Crippen molar-refractivity contribution in [3.8, 4) is 0 Å². The Balaban J connectivity index is 1.39. The molecule has 1 amide bonds. The summed E-state index contributed by atoms with van der Waals surface area (Å²) >= 11 is 4.80. The van der Waals surface area contributed by atoms with Gasteiger partial charge in [0.05, 0.1) is 0 Å². The fourth-order valence-electron chi connectivity index (χ4n) is 2.89. The van der Waals surface area contributed by atoms with Gasteiger partial charge in [-0.2, -0.15) is 0 Å². The average Bonchev–Trinajstić information content (AvgIpc) is 3.31. The van der Waals surface area contributed by atoms with Crippen LogP contribution in [0.2, 0.25) is 0 Å². The number of benzene rings is 1. The Hall–Kier alpha value is -1.70. The molecule has 0 saturated heterocycles. The average molecular weight is 388 g/mol. The number of fused-ring (bicyclic) bond motifs is 1. The maximum atomic E-state index is 12.5. The summed E-state index contributed by atoms with van der Waals surface area (Å²) in [6.45, 7) is 0. The Bertz CT molecular complexity index is 874. The van der Waals surface area contributed by atoms with E-state index in [1.807, 2.05) is 18.2 Å². The van der Waals surface area contributed by atoms with Gasteiger partial charge >= 0.3 is 0 Å². The molecule has 2 heterocycles. The molecule has 4 rings (SSSR count). The number of rotatable bonds is 5. The van der Waals surface area contributed by atoms with Crippen molar-refractivity contribution in [1.29, 1.82) is 0 Å². The van der Waals surface area contributed by atoms with E-state index in [1.54, 1.807) is 23.1 Å². The molecule has 3 aromatic rings. The standard InChI is InChI=1S/C18H17N3OS3/c22-16(14-8-7-12-4-1-2-5-13(12)10-14)19-17-20-21-18(25-17)24-11-15-6-3-9-23-15/h3,6-10H,1-2,4-5,11H2,(H,19,20,22). The zero-order chi connectivity index (χ0) is 17.1. The van der Waals surface area contributed by atoms with Crippen molar-refractivity contribution in [2.45, 2.75) is 35.8 Å². The number of nitrogens with one attached hydrogen (secondary N) is 1. The number of anilines is 1. The summed E-state index contributed by atoms with van der Waals surface area (Å²) in [6, 6.07) is 10.2. The Morgan fingerprint density at radius 1 is 1.16 bits per heavy atom. The topological polar surface area (TPSA) is 54.9 Å². The van der Waals surface area contributed by atoms with E-state index < -0.39 is 0 Å². The van der Waals surface area contributed by atoms with Gasteiger partial charge in [0.15, 0.2) is 4.34 Å². The van der Waals surface area contributed by atoms with Crippen molar-refractivity contribution >= 4 is 45.5 Å². The molecule has 0 spiro atoms. The second-order valence-electron chi connectivity index (χ2n) is 5.89. The highest BCUT2D eigenvalue weighted by molar-refractivity contribution is 8.00. The highest BCUT2D eigenvalue weighted by Crippen LogP contribution is 2.30. The number of thiophene rings is 1. The second kappa shape index (κ2) is 7.68. The fourth-order valence-corrected chi connectivity index (χ4v) is 5.41. The zero-order valence-electron chi connectivity index (χ0n) is 13.5. The summed E-state index contributed by atoms with van der Waals surface area (Å²) < 4.78 is 0.870. The molecule has 1 aliphatic carbocycles. The minimum absolute atomic E-state index is 0.112. The summed E-state index contributed by atoms with van der Waals surface area (Å²) in [5.74, 6) is 0.768. The predicted octanol–water partition coefficient (Wildman–Crippen LogP) is 5.02. The van der Waals surface area contributed by atoms with Crippen LogP contribution in [0.4, 0.5) is 5.13 Å². The number of hydrogen-bond acceptors (Lipinski definition) is 6. The largest absolute Gasteiger partial charge is 0.296 e. The molecule has 128 valence electrons. The Morgan fingerprint density at radius 2 is 2.04 bits per heavy atom. The maximum absolute atomic E-state index is 12.5. The number of amides is 1. The summed E-state index contributed by atoms with van der Waals surface area (Å²) in [6.07, 6.45) is 4.64. The molecule has 25 heavy (non-hydrogen) atoms. The first kappa shape index (κ1) is 16.8. The minimum atomic E-state index is -0.112. The van der Waals surface area contributed by atoms with Crippen LogP contribution in [0.5, 0.6) is 0 Å². The Kier molecular flexibility index (Phi) is 5.14. The van der Waals surface area contributed by atoms with Gasteiger partial charge in [-0.15, -0.1) is 21.5 Å². The molecule has 0 bridgehead atoms. The van der Waals surface area contributed by atoms with E-state index in [0.717, 1.165) is 22.9 Å². The van der Waals surface area contributed by atoms with Crippen LogP contribution >= 0.6 is 34.4 Å². The van der Waals surface area contributed by atoms with Gasteiger partial charge in [0.25, 0.3) is 5.91 Å². The van der Waals surface area contributed by atoms with Gasteiger partial charge in [0.2, 0.25) is 5.13 Å². The van der Waals surface area contributed by atoms with Gasteiger partial charge < -0.3 is 0 Å². The minimum Gasteiger partial charge on any atom is -0.296 e. The Labute approximate surface area is 158 Å². The number of aryl methyl sites for hydroxylation is 2. The van der Waals surface area contributed by atoms with Gasteiger partial charge in [-0.05, 0) is 60.4 Å². The van der Waals surface area contributed by atoms with Crippen molar-refractivity contribution in [3.63, 3.8) is 0 Å². The predicted molar refractivity (Wildman–Crippen MR) is 105 cm³/mol. The van der Waals surface area contributed by atoms with Crippen molar-refractivity contribution in [2.75, 3.05) is 5.32 Å². The molecule has 0 atom stereocenters. The summed E-state index contributed by atoms with van der Waals surface area (Å²) in [4.78, 5) is 13.8. The summed E-state index contributed by atoms with van der Waals surface area (Å²) in [7, 11) is 0. The first-order chi connectivity index (χ1) is 12.3. The lowest BCUT2D eigenvalue weighted by Crippen LogP contribution is -2.13. The van der Waals surface area contributed by atoms with E-state index in [2.05, 4.69) is 33.0 Å². The number of nitrogens with zero attached hydrogens (tertiary/aromatic N) is 2. The molecular weight excluding hydrogens is 370 g/mol.